The highest BCUT2D eigenvalue weighted by molar-refractivity contribution is 5.76. The van der Waals surface area contributed by atoms with Gasteiger partial charge >= 0.3 is 0 Å². The maximum atomic E-state index is 12.2. The maximum Gasteiger partial charge on any atom is 0.275 e. The number of aryl methyl sites for hydroxylation is 3. The minimum absolute atomic E-state index is 0.123. The topological polar surface area (TPSA) is 80.4 Å². The van der Waals surface area contributed by atoms with Gasteiger partial charge in [-0.1, -0.05) is 0 Å². The van der Waals surface area contributed by atoms with Crippen LogP contribution in [0.2, 0.25) is 0 Å². The number of amides is 1. The predicted molar refractivity (Wildman–Crippen MR) is 99.1 cm³/mol. The molecule has 0 aromatic carbocycles. The SMILES string of the molecule is Cc1cc(C)n(CCCNC(=O)C[NH+]2CCN(c3ncccn3)CC2)n1. The Balaban J connectivity index is 1.32. The van der Waals surface area contributed by atoms with Gasteiger partial charge in [0.2, 0.25) is 5.95 Å². The summed E-state index contributed by atoms with van der Waals surface area (Å²) in [4.78, 5) is 24.2. The molecule has 2 aromatic rings. The van der Waals surface area contributed by atoms with Crippen molar-refractivity contribution in [3.05, 3.63) is 35.9 Å². The van der Waals surface area contributed by atoms with Gasteiger partial charge in [0.25, 0.3) is 5.91 Å². The van der Waals surface area contributed by atoms with Crippen LogP contribution in [0.15, 0.2) is 24.5 Å². The number of quaternary nitrogens is 1. The summed E-state index contributed by atoms with van der Waals surface area (Å²) in [6.07, 6.45) is 4.42. The van der Waals surface area contributed by atoms with Gasteiger partial charge in [-0.3, -0.25) is 9.48 Å². The van der Waals surface area contributed by atoms with Gasteiger partial charge < -0.3 is 15.1 Å². The van der Waals surface area contributed by atoms with E-state index in [-0.39, 0.29) is 5.91 Å². The number of carbonyl (C=O) groups is 1. The average molecular weight is 358 g/mol. The average Bonchev–Trinajstić information content (AvgIpc) is 2.97. The predicted octanol–water partition coefficient (Wildman–Crippen LogP) is -0.799. The summed E-state index contributed by atoms with van der Waals surface area (Å²) < 4.78 is 2.00. The first-order valence-electron chi connectivity index (χ1n) is 9.25. The Morgan fingerprint density at radius 3 is 2.62 bits per heavy atom. The number of nitrogens with zero attached hydrogens (tertiary/aromatic N) is 5. The van der Waals surface area contributed by atoms with Gasteiger partial charge in [-0.05, 0) is 32.4 Å². The van der Waals surface area contributed by atoms with Crippen molar-refractivity contribution in [2.24, 2.45) is 0 Å². The third kappa shape index (κ3) is 5.01. The van der Waals surface area contributed by atoms with Gasteiger partial charge in [0, 0.05) is 31.2 Å². The number of nitrogens with one attached hydrogen (secondary N) is 2. The van der Waals surface area contributed by atoms with Crippen LogP contribution in [0.3, 0.4) is 0 Å². The van der Waals surface area contributed by atoms with E-state index in [1.165, 1.54) is 10.6 Å². The van der Waals surface area contributed by atoms with Crippen LogP contribution >= 0.6 is 0 Å². The molecule has 0 atom stereocenters. The van der Waals surface area contributed by atoms with Crippen molar-refractivity contribution in [3.63, 3.8) is 0 Å². The Bertz CT molecular complexity index is 708. The van der Waals surface area contributed by atoms with E-state index >= 15 is 0 Å². The summed E-state index contributed by atoms with van der Waals surface area (Å²) in [5.41, 5.74) is 2.20. The molecule has 2 N–H and O–H groups in total. The molecule has 8 heteroatoms. The summed E-state index contributed by atoms with van der Waals surface area (Å²) >= 11 is 0. The molecular formula is C18H28N7O+. The van der Waals surface area contributed by atoms with Gasteiger partial charge in [-0.15, -0.1) is 0 Å². The van der Waals surface area contributed by atoms with E-state index in [1.54, 1.807) is 12.4 Å². The lowest BCUT2D eigenvalue weighted by atomic mass is 10.3. The number of rotatable bonds is 7. The smallest absolute Gasteiger partial charge is 0.275 e. The summed E-state index contributed by atoms with van der Waals surface area (Å²) in [7, 11) is 0. The van der Waals surface area contributed by atoms with E-state index < -0.39 is 0 Å². The fourth-order valence-electron chi connectivity index (χ4n) is 3.30. The Morgan fingerprint density at radius 1 is 1.23 bits per heavy atom. The molecule has 3 heterocycles. The van der Waals surface area contributed by atoms with E-state index in [4.69, 9.17) is 0 Å². The molecule has 0 radical (unpaired) electrons. The highest BCUT2D eigenvalue weighted by Gasteiger charge is 2.23. The molecule has 2 aromatic heterocycles. The van der Waals surface area contributed by atoms with Crippen LogP contribution in [-0.2, 0) is 11.3 Å². The minimum atomic E-state index is 0.123. The number of anilines is 1. The standard InChI is InChI=1S/C18H27N7O/c1-15-13-16(2)25(22-15)8-4-7-19-17(26)14-23-9-11-24(12-10-23)18-20-5-3-6-21-18/h3,5-6,13H,4,7-12,14H2,1-2H3,(H,19,26)/p+1. The maximum absolute atomic E-state index is 12.2. The van der Waals surface area contributed by atoms with Gasteiger partial charge in [0.1, 0.15) is 0 Å². The lowest BCUT2D eigenvalue weighted by Gasteiger charge is -2.31. The molecule has 1 saturated heterocycles. The zero-order valence-electron chi connectivity index (χ0n) is 15.6. The third-order valence-electron chi connectivity index (χ3n) is 4.69. The molecule has 0 bridgehead atoms. The Kier molecular flexibility index (Phi) is 6.17. The molecular weight excluding hydrogens is 330 g/mol. The van der Waals surface area contributed by atoms with Gasteiger partial charge in [0.05, 0.1) is 31.9 Å². The van der Waals surface area contributed by atoms with Crippen molar-refractivity contribution in [3.8, 4) is 0 Å². The third-order valence-corrected chi connectivity index (χ3v) is 4.69. The second-order valence-corrected chi connectivity index (χ2v) is 6.82. The highest BCUT2D eigenvalue weighted by atomic mass is 16.2. The molecule has 1 amide bonds. The molecule has 0 aliphatic carbocycles. The highest BCUT2D eigenvalue weighted by Crippen LogP contribution is 2.04. The molecule has 0 unspecified atom stereocenters. The van der Waals surface area contributed by atoms with Crippen LogP contribution < -0.4 is 15.1 Å². The summed E-state index contributed by atoms with van der Waals surface area (Å²) in [6.45, 7) is 9.73. The Hall–Kier alpha value is -2.48. The van der Waals surface area contributed by atoms with Gasteiger partial charge in [-0.2, -0.15) is 5.10 Å². The molecule has 1 fully saturated rings. The van der Waals surface area contributed by atoms with Crippen LogP contribution in [-0.4, -0.2) is 64.9 Å². The molecule has 1 aliphatic rings. The summed E-state index contributed by atoms with van der Waals surface area (Å²) in [6, 6.07) is 3.90. The lowest BCUT2D eigenvalue weighted by molar-refractivity contribution is -0.892. The second kappa shape index (κ2) is 8.75. The molecule has 8 nitrogen and oxygen atoms in total. The van der Waals surface area contributed by atoms with Crippen LogP contribution in [0.4, 0.5) is 5.95 Å². The van der Waals surface area contributed by atoms with Crippen LogP contribution in [0.5, 0.6) is 0 Å². The quantitative estimate of drug-likeness (QED) is 0.634. The second-order valence-electron chi connectivity index (χ2n) is 6.82. The number of aromatic nitrogens is 4. The largest absolute Gasteiger partial charge is 0.351 e. The first kappa shape index (κ1) is 18.3. The molecule has 0 spiro atoms. The van der Waals surface area contributed by atoms with Crippen molar-refractivity contribution in [1.29, 1.82) is 0 Å². The van der Waals surface area contributed by atoms with Crippen LogP contribution in [0.1, 0.15) is 17.8 Å². The first-order valence-corrected chi connectivity index (χ1v) is 9.25. The molecule has 26 heavy (non-hydrogen) atoms. The molecule has 0 saturated carbocycles. The van der Waals surface area contributed by atoms with Gasteiger partial charge in [0.15, 0.2) is 6.54 Å². The normalized spacial score (nSPS) is 15.2. The minimum Gasteiger partial charge on any atom is -0.351 e. The monoisotopic (exact) mass is 358 g/mol. The van der Waals surface area contributed by atoms with Crippen molar-refractivity contribution < 1.29 is 9.69 Å². The van der Waals surface area contributed by atoms with E-state index in [0.29, 0.717) is 13.1 Å². The molecule has 1 aliphatic heterocycles. The van der Waals surface area contributed by atoms with E-state index in [2.05, 4.69) is 38.3 Å². The van der Waals surface area contributed by atoms with E-state index in [0.717, 1.165) is 50.8 Å². The van der Waals surface area contributed by atoms with E-state index in [1.807, 2.05) is 17.7 Å². The zero-order valence-corrected chi connectivity index (χ0v) is 15.6. The fourth-order valence-corrected chi connectivity index (χ4v) is 3.30. The lowest BCUT2D eigenvalue weighted by Crippen LogP contribution is -3.16. The number of hydrogen-bond acceptors (Lipinski definition) is 5. The van der Waals surface area contributed by atoms with Crippen LogP contribution in [0, 0.1) is 13.8 Å². The first-order chi connectivity index (χ1) is 12.6. The summed E-state index contributed by atoms with van der Waals surface area (Å²) in [5, 5.41) is 7.47. The Labute approximate surface area is 154 Å². The number of carbonyl (C=O) groups excluding carboxylic acids is 1. The fraction of sp³-hybridized carbons (Fsp3) is 0.556. The number of hydrogen-bond donors (Lipinski definition) is 2. The summed E-state index contributed by atoms with van der Waals surface area (Å²) in [5.74, 6) is 0.901. The van der Waals surface area contributed by atoms with Crippen molar-refractivity contribution in [2.45, 2.75) is 26.8 Å². The van der Waals surface area contributed by atoms with E-state index in [9.17, 15) is 4.79 Å². The van der Waals surface area contributed by atoms with Crippen LogP contribution in [0.25, 0.3) is 0 Å². The Morgan fingerprint density at radius 2 is 1.96 bits per heavy atom. The number of piperazine rings is 1. The molecule has 140 valence electrons. The molecule has 3 rings (SSSR count). The van der Waals surface area contributed by atoms with Crippen molar-refractivity contribution >= 4 is 11.9 Å². The van der Waals surface area contributed by atoms with Crippen molar-refractivity contribution in [1.82, 2.24) is 25.1 Å². The zero-order chi connectivity index (χ0) is 18.4. The van der Waals surface area contributed by atoms with Crippen molar-refractivity contribution in [2.75, 3.05) is 44.2 Å². The van der Waals surface area contributed by atoms with Gasteiger partial charge in [-0.25, -0.2) is 9.97 Å².